The van der Waals surface area contributed by atoms with E-state index in [1.807, 2.05) is 0 Å². The third-order valence-corrected chi connectivity index (χ3v) is 4.13. The van der Waals surface area contributed by atoms with E-state index in [-0.39, 0.29) is 17.4 Å². The van der Waals surface area contributed by atoms with E-state index in [0.717, 1.165) is 0 Å². The second kappa shape index (κ2) is 4.47. The zero-order valence-electron chi connectivity index (χ0n) is 9.87. The molecular weight excluding hydrogens is 287 g/mol. The van der Waals surface area contributed by atoms with E-state index in [0.29, 0.717) is 25.7 Å². The molecule has 0 amide bonds. The normalized spacial score (nSPS) is 11.1. The Bertz CT molecular complexity index is 788. The lowest BCUT2D eigenvalue weighted by Gasteiger charge is -1.94. The second-order valence-electron chi connectivity index (χ2n) is 4.13. The molecule has 3 aromatic rings. The lowest BCUT2D eigenvalue weighted by Crippen LogP contribution is -1.98. The minimum Gasteiger partial charge on any atom is -0.452 e. The quantitative estimate of drug-likeness (QED) is 0.634. The Labute approximate surface area is 117 Å². The zero-order valence-corrected chi connectivity index (χ0v) is 11.4. The summed E-state index contributed by atoms with van der Waals surface area (Å²) in [5, 5.41) is 0.617. The van der Waals surface area contributed by atoms with Crippen LogP contribution in [-0.4, -0.2) is 5.78 Å². The Morgan fingerprint density at radius 1 is 1.32 bits per heavy atom. The van der Waals surface area contributed by atoms with Gasteiger partial charge < -0.3 is 4.42 Å². The van der Waals surface area contributed by atoms with Crippen molar-refractivity contribution in [2.24, 2.45) is 0 Å². The molecule has 19 heavy (non-hydrogen) atoms. The Hall–Kier alpha value is -1.65. The Kier molecular flexibility index (Phi) is 2.92. The molecule has 1 aromatic carbocycles. The van der Waals surface area contributed by atoms with Crippen LogP contribution >= 0.6 is 22.9 Å². The maximum absolute atomic E-state index is 13.2. The number of rotatable bonds is 2. The average Bonchev–Trinajstić information content (AvgIpc) is 2.94. The number of thiophene rings is 1. The highest BCUT2D eigenvalue weighted by atomic mass is 35.5. The maximum atomic E-state index is 13.2. The molecule has 2 heterocycles. The summed E-state index contributed by atoms with van der Waals surface area (Å²) in [6.45, 7) is 1.74. The maximum Gasteiger partial charge on any atom is 0.238 e. The molecule has 0 saturated heterocycles. The van der Waals surface area contributed by atoms with Crippen molar-refractivity contribution in [3.8, 4) is 0 Å². The van der Waals surface area contributed by atoms with Gasteiger partial charge in [-0.1, -0.05) is 11.6 Å². The minimum absolute atomic E-state index is 0.231. The zero-order chi connectivity index (χ0) is 13.6. The topological polar surface area (TPSA) is 30.2 Å². The molecule has 0 aliphatic rings. The molecule has 3 rings (SSSR count). The molecule has 0 unspecified atom stereocenters. The van der Waals surface area contributed by atoms with E-state index < -0.39 is 0 Å². The number of ketones is 1. The van der Waals surface area contributed by atoms with Crippen molar-refractivity contribution in [2.75, 3.05) is 0 Å². The van der Waals surface area contributed by atoms with E-state index in [1.165, 1.54) is 29.5 Å². The Morgan fingerprint density at radius 2 is 2.11 bits per heavy atom. The molecule has 0 aliphatic heterocycles. The molecule has 0 atom stereocenters. The fraction of sp³-hybridized carbons (Fsp3) is 0.0714. The van der Waals surface area contributed by atoms with E-state index in [9.17, 15) is 9.18 Å². The van der Waals surface area contributed by atoms with E-state index >= 15 is 0 Å². The first-order chi connectivity index (χ1) is 9.06. The predicted octanol–water partition coefficient (Wildman–Crippen LogP) is 4.83. The summed E-state index contributed by atoms with van der Waals surface area (Å²) in [6.07, 6.45) is 0. The largest absolute Gasteiger partial charge is 0.452 e. The molecule has 0 fully saturated rings. The summed E-state index contributed by atoms with van der Waals surface area (Å²) in [5.74, 6) is -0.348. The number of halogens is 2. The van der Waals surface area contributed by atoms with Gasteiger partial charge in [0, 0.05) is 10.9 Å². The van der Waals surface area contributed by atoms with Crippen LogP contribution in [0.25, 0.3) is 11.0 Å². The van der Waals surface area contributed by atoms with Crippen LogP contribution in [0.2, 0.25) is 4.34 Å². The van der Waals surface area contributed by atoms with Gasteiger partial charge in [0.2, 0.25) is 5.78 Å². The number of aryl methyl sites for hydroxylation is 1. The third-order valence-electron chi connectivity index (χ3n) is 2.90. The first kappa shape index (κ1) is 12.4. The molecule has 0 spiro atoms. The summed E-state index contributed by atoms with van der Waals surface area (Å²) in [7, 11) is 0. The smallest absolute Gasteiger partial charge is 0.238 e. The van der Waals surface area contributed by atoms with Crippen molar-refractivity contribution >= 4 is 39.7 Å². The number of fused-ring (bicyclic) bond motifs is 1. The Morgan fingerprint density at radius 3 is 2.79 bits per heavy atom. The first-order valence-electron chi connectivity index (χ1n) is 5.55. The van der Waals surface area contributed by atoms with Gasteiger partial charge in [-0.2, -0.15) is 0 Å². The van der Waals surface area contributed by atoms with E-state index in [2.05, 4.69) is 0 Å². The van der Waals surface area contributed by atoms with Gasteiger partial charge >= 0.3 is 0 Å². The lowest BCUT2D eigenvalue weighted by atomic mass is 10.1. The van der Waals surface area contributed by atoms with Gasteiger partial charge in [-0.3, -0.25) is 4.79 Å². The molecule has 0 bridgehead atoms. The lowest BCUT2D eigenvalue weighted by molar-refractivity contribution is 0.101. The van der Waals surface area contributed by atoms with Crippen molar-refractivity contribution in [1.29, 1.82) is 0 Å². The number of benzene rings is 1. The van der Waals surface area contributed by atoms with Crippen LogP contribution in [-0.2, 0) is 0 Å². The third kappa shape index (κ3) is 2.07. The van der Waals surface area contributed by atoms with E-state index in [4.69, 9.17) is 16.0 Å². The number of furan rings is 1. The van der Waals surface area contributed by atoms with Gasteiger partial charge in [0.25, 0.3) is 0 Å². The van der Waals surface area contributed by atoms with Gasteiger partial charge in [0.15, 0.2) is 5.76 Å². The van der Waals surface area contributed by atoms with Crippen LogP contribution < -0.4 is 0 Å². The van der Waals surface area contributed by atoms with Crippen molar-refractivity contribution in [3.63, 3.8) is 0 Å². The molecule has 0 radical (unpaired) electrons. The molecule has 2 aromatic heterocycles. The minimum atomic E-state index is -0.352. The van der Waals surface area contributed by atoms with Crippen molar-refractivity contribution in [2.45, 2.75) is 6.92 Å². The monoisotopic (exact) mass is 294 g/mol. The first-order valence-corrected chi connectivity index (χ1v) is 6.74. The molecule has 0 aliphatic carbocycles. The highest BCUT2D eigenvalue weighted by molar-refractivity contribution is 7.18. The van der Waals surface area contributed by atoms with Crippen LogP contribution in [0.15, 0.2) is 34.7 Å². The second-order valence-corrected chi connectivity index (χ2v) is 5.84. The molecule has 96 valence electrons. The fourth-order valence-corrected chi connectivity index (χ4v) is 2.94. The summed E-state index contributed by atoms with van der Waals surface area (Å²) in [5.41, 5.74) is 1.15. The van der Waals surface area contributed by atoms with Gasteiger partial charge in [-0.15, -0.1) is 11.3 Å². The average molecular weight is 295 g/mol. The number of hydrogen-bond donors (Lipinski definition) is 0. The van der Waals surface area contributed by atoms with Crippen molar-refractivity contribution in [3.05, 3.63) is 56.7 Å². The molecule has 2 nitrogen and oxygen atoms in total. The van der Waals surface area contributed by atoms with Crippen LogP contribution in [0.5, 0.6) is 0 Å². The molecule has 0 N–H and O–H groups in total. The van der Waals surface area contributed by atoms with Gasteiger partial charge in [-0.25, -0.2) is 4.39 Å². The number of carbonyl (C=O) groups is 1. The van der Waals surface area contributed by atoms with Crippen LogP contribution in [0.4, 0.5) is 4.39 Å². The highest BCUT2D eigenvalue weighted by Gasteiger charge is 2.20. The predicted molar refractivity (Wildman–Crippen MR) is 73.7 cm³/mol. The SMILES string of the molecule is Cc1c(C(=O)c2ccc(Cl)s2)oc2ccc(F)cc12. The summed E-state index contributed by atoms with van der Waals surface area (Å²) >= 11 is 7.01. The summed E-state index contributed by atoms with van der Waals surface area (Å²) in [6, 6.07) is 7.52. The van der Waals surface area contributed by atoms with E-state index in [1.54, 1.807) is 19.1 Å². The van der Waals surface area contributed by atoms with Gasteiger partial charge in [0.05, 0.1) is 9.21 Å². The van der Waals surface area contributed by atoms with Gasteiger partial charge in [-0.05, 0) is 37.3 Å². The highest BCUT2D eigenvalue weighted by Crippen LogP contribution is 2.30. The Balaban J connectivity index is 2.15. The number of carbonyl (C=O) groups excluding carboxylic acids is 1. The fourth-order valence-electron chi connectivity index (χ4n) is 1.96. The van der Waals surface area contributed by atoms with Crippen LogP contribution in [0.1, 0.15) is 21.0 Å². The summed E-state index contributed by atoms with van der Waals surface area (Å²) in [4.78, 5) is 12.8. The summed E-state index contributed by atoms with van der Waals surface area (Å²) < 4.78 is 19.3. The molecule has 0 saturated carbocycles. The molecule has 5 heteroatoms. The van der Waals surface area contributed by atoms with Gasteiger partial charge in [0.1, 0.15) is 11.4 Å². The van der Waals surface area contributed by atoms with Crippen molar-refractivity contribution < 1.29 is 13.6 Å². The van der Waals surface area contributed by atoms with Crippen molar-refractivity contribution in [1.82, 2.24) is 0 Å². The van der Waals surface area contributed by atoms with Crippen LogP contribution in [0.3, 0.4) is 0 Å². The molecular formula is C14H8ClFO2S. The standard InChI is InChI=1S/C14H8ClFO2S/c1-7-9-6-8(16)2-3-10(9)18-14(7)13(17)11-4-5-12(15)19-11/h2-6H,1H3. The van der Waals surface area contributed by atoms with Crippen LogP contribution in [0, 0.1) is 12.7 Å². The number of hydrogen-bond acceptors (Lipinski definition) is 3.